The van der Waals surface area contributed by atoms with Crippen molar-refractivity contribution in [2.24, 2.45) is 0 Å². The van der Waals surface area contributed by atoms with Crippen molar-refractivity contribution in [3.8, 4) is 0 Å². The van der Waals surface area contributed by atoms with Crippen LogP contribution in [0.1, 0.15) is 23.2 Å². The number of carbonyl (C=O) groups excluding carboxylic acids is 1. The van der Waals surface area contributed by atoms with Crippen molar-refractivity contribution in [3.05, 3.63) is 28.8 Å². The van der Waals surface area contributed by atoms with Gasteiger partial charge in [0.1, 0.15) is 0 Å². The molecular weight excluding hydrogens is 250 g/mol. The number of hydrogen-bond acceptors (Lipinski definition) is 3. The van der Waals surface area contributed by atoms with Gasteiger partial charge in [0.2, 0.25) is 0 Å². The van der Waals surface area contributed by atoms with Crippen LogP contribution in [-0.2, 0) is 0 Å². The SMILES string of the molecule is CN1CCCC(NC(=O)c2cc(N)ccc2Cl)C1. The number of carbonyl (C=O) groups is 1. The number of halogens is 1. The van der Waals surface area contributed by atoms with E-state index in [9.17, 15) is 4.79 Å². The van der Waals surface area contributed by atoms with Crippen LogP contribution in [0.4, 0.5) is 5.69 Å². The maximum atomic E-state index is 12.1. The van der Waals surface area contributed by atoms with Gasteiger partial charge in [-0.2, -0.15) is 0 Å². The van der Waals surface area contributed by atoms with Gasteiger partial charge in [0.25, 0.3) is 5.91 Å². The number of likely N-dealkylation sites (tertiary alicyclic amines) is 1. The first-order chi connectivity index (χ1) is 8.56. The van der Waals surface area contributed by atoms with Crippen molar-refractivity contribution in [2.45, 2.75) is 18.9 Å². The highest BCUT2D eigenvalue weighted by Crippen LogP contribution is 2.19. The maximum Gasteiger partial charge on any atom is 0.253 e. The molecule has 0 radical (unpaired) electrons. The van der Waals surface area contributed by atoms with E-state index in [0.29, 0.717) is 16.3 Å². The van der Waals surface area contributed by atoms with Gasteiger partial charge in [-0.1, -0.05) is 11.6 Å². The molecule has 1 aromatic carbocycles. The van der Waals surface area contributed by atoms with Gasteiger partial charge in [0.05, 0.1) is 10.6 Å². The minimum Gasteiger partial charge on any atom is -0.399 e. The molecule has 1 amide bonds. The molecule has 98 valence electrons. The first-order valence-electron chi connectivity index (χ1n) is 6.10. The molecule has 1 aliphatic rings. The van der Waals surface area contributed by atoms with E-state index in [4.69, 9.17) is 17.3 Å². The highest BCUT2D eigenvalue weighted by Gasteiger charge is 2.20. The summed E-state index contributed by atoms with van der Waals surface area (Å²) in [6.07, 6.45) is 2.11. The number of amides is 1. The van der Waals surface area contributed by atoms with Gasteiger partial charge in [-0.15, -0.1) is 0 Å². The molecule has 1 unspecified atom stereocenters. The predicted molar refractivity (Wildman–Crippen MR) is 73.8 cm³/mol. The Labute approximate surface area is 112 Å². The van der Waals surface area contributed by atoms with Crippen LogP contribution in [-0.4, -0.2) is 37.0 Å². The Bertz CT molecular complexity index is 450. The number of rotatable bonds is 2. The maximum absolute atomic E-state index is 12.1. The van der Waals surface area contributed by atoms with Crippen molar-refractivity contribution in [3.63, 3.8) is 0 Å². The number of nitrogen functional groups attached to an aromatic ring is 1. The highest BCUT2D eigenvalue weighted by atomic mass is 35.5. The quantitative estimate of drug-likeness (QED) is 0.803. The molecule has 0 aliphatic carbocycles. The first kappa shape index (κ1) is 13.2. The highest BCUT2D eigenvalue weighted by molar-refractivity contribution is 6.34. The van der Waals surface area contributed by atoms with Crippen molar-refractivity contribution in [2.75, 3.05) is 25.9 Å². The van der Waals surface area contributed by atoms with Crippen molar-refractivity contribution < 1.29 is 4.79 Å². The van der Waals surface area contributed by atoms with Crippen LogP contribution in [0.2, 0.25) is 5.02 Å². The Hall–Kier alpha value is -1.26. The van der Waals surface area contributed by atoms with Gasteiger partial charge in [0.15, 0.2) is 0 Å². The Kier molecular flexibility index (Phi) is 4.09. The minimum absolute atomic E-state index is 0.146. The molecule has 1 aliphatic heterocycles. The summed E-state index contributed by atoms with van der Waals surface area (Å²) in [5.41, 5.74) is 6.67. The standard InChI is InChI=1S/C13H18ClN3O/c1-17-6-2-3-10(8-17)16-13(18)11-7-9(15)4-5-12(11)14/h4-5,7,10H,2-3,6,8,15H2,1H3,(H,16,18). The van der Waals surface area contributed by atoms with E-state index in [0.717, 1.165) is 25.9 Å². The van der Waals surface area contributed by atoms with Crippen molar-refractivity contribution in [1.29, 1.82) is 0 Å². The lowest BCUT2D eigenvalue weighted by atomic mass is 10.1. The molecule has 1 saturated heterocycles. The zero-order chi connectivity index (χ0) is 13.1. The Morgan fingerprint density at radius 2 is 2.33 bits per heavy atom. The number of nitrogens with one attached hydrogen (secondary N) is 1. The lowest BCUT2D eigenvalue weighted by molar-refractivity contribution is 0.0912. The summed E-state index contributed by atoms with van der Waals surface area (Å²) in [4.78, 5) is 14.3. The van der Waals surface area contributed by atoms with Crippen molar-refractivity contribution in [1.82, 2.24) is 10.2 Å². The molecule has 5 heteroatoms. The van der Waals surface area contributed by atoms with E-state index in [1.807, 2.05) is 0 Å². The van der Waals surface area contributed by atoms with E-state index in [-0.39, 0.29) is 11.9 Å². The van der Waals surface area contributed by atoms with Crippen LogP contribution < -0.4 is 11.1 Å². The normalized spacial score (nSPS) is 20.7. The molecule has 1 fully saturated rings. The van der Waals surface area contributed by atoms with E-state index in [2.05, 4.69) is 17.3 Å². The second-order valence-corrected chi connectivity index (χ2v) is 5.22. The van der Waals surface area contributed by atoms with Gasteiger partial charge < -0.3 is 16.0 Å². The van der Waals surface area contributed by atoms with Gasteiger partial charge in [0, 0.05) is 18.3 Å². The number of anilines is 1. The molecule has 4 nitrogen and oxygen atoms in total. The Morgan fingerprint density at radius 3 is 3.06 bits per heavy atom. The third-order valence-electron chi connectivity index (χ3n) is 3.19. The van der Waals surface area contributed by atoms with Crippen molar-refractivity contribution >= 4 is 23.2 Å². The Balaban J connectivity index is 2.05. The summed E-state index contributed by atoms with van der Waals surface area (Å²) in [7, 11) is 2.06. The average molecular weight is 268 g/mol. The van der Waals surface area contributed by atoms with E-state index < -0.39 is 0 Å². The van der Waals surface area contributed by atoms with Gasteiger partial charge in [-0.3, -0.25) is 4.79 Å². The second kappa shape index (κ2) is 5.59. The zero-order valence-electron chi connectivity index (χ0n) is 10.4. The molecule has 1 aromatic rings. The van der Waals surface area contributed by atoms with Gasteiger partial charge in [-0.25, -0.2) is 0 Å². The summed E-state index contributed by atoms with van der Waals surface area (Å²) in [6.45, 7) is 1.97. The fourth-order valence-corrected chi connectivity index (χ4v) is 2.47. The zero-order valence-corrected chi connectivity index (χ0v) is 11.2. The molecule has 0 aromatic heterocycles. The van der Waals surface area contributed by atoms with Crippen LogP contribution in [0, 0.1) is 0 Å². The molecule has 3 N–H and O–H groups in total. The number of likely N-dealkylation sites (N-methyl/N-ethyl adjacent to an activating group) is 1. The summed E-state index contributed by atoms with van der Waals surface area (Å²) in [5, 5.41) is 3.45. The molecule has 0 spiro atoms. The number of nitrogens with two attached hydrogens (primary N) is 1. The van der Waals surface area contributed by atoms with Crippen LogP contribution in [0.3, 0.4) is 0 Å². The van der Waals surface area contributed by atoms with Crippen LogP contribution in [0.5, 0.6) is 0 Å². The molecule has 1 atom stereocenters. The number of piperidine rings is 1. The summed E-state index contributed by atoms with van der Waals surface area (Å²) >= 11 is 6.01. The predicted octanol–water partition coefficient (Wildman–Crippen LogP) is 1.75. The fraction of sp³-hybridized carbons (Fsp3) is 0.462. The Morgan fingerprint density at radius 1 is 1.56 bits per heavy atom. The number of benzene rings is 1. The lowest BCUT2D eigenvalue weighted by Gasteiger charge is -2.30. The molecular formula is C13H18ClN3O. The third kappa shape index (κ3) is 3.15. The number of hydrogen-bond donors (Lipinski definition) is 2. The smallest absolute Gasteiger partial charge is 0.253 e. The summed E-state index contributed by atoms with van der Waals surface area (Å²) in [6, 6.07) is 5.14. The third-order valence-corrected chi connectivity index (χ3v) is 3.52. The average Bonchev–Trinajstić information content (AvgIpc) is 2.32. The molecule has 0 bridgehead atoms. The monoisotopic (exact) mass is 267 g/mol. The molecule has 18 heavy (non-hydrogen) atoms. The minimum atomic E-state index is -0.146. The van der Waals surface area contributed by atoms with E-state index in [1.54, 1.807) is 18.2 Å². The molecule has 0 saturated carbocycles. The van der Waals surface area contributed by atoms with Gasteiger partial charge in [-0.05, 0) is 44.6 Å². The lowest BCUT2D eigenvalue weighted by Crippen LogP contribution is -2.46. The fourth-order valence-electron chi connectivity index (χ4n) is 2.26. The van der Waals surface area contributed by atoms with Crippen LogP contribution in [0.25, 0.3) is 0 Å². The van der Waals surface area contributed by atoms with Gasteiger partial charge >= 0.3 is 0 Å². The van der Waals surface area contributed by atoms with E-state index >= 15 is 0 Å². The largest absolute Gasteiger partial charge is 0.399 e. The van der Waals surface area contributed by atoms with E-state index in [1.165, 1.54) is 0 Å². The topological polar surface area (TPSA) is 58.4 Å². The summed E-state index contributed by atoms with van der Waals surface area (Å²) < 4.78 is 0. The number of nitrogens with zero attached hydrogens (tertiary/aromatic N) is 1. The summed E-state index contributed by atoms with van der Waals surface area (Å²) in [5.74, 6) is -0.146. The molecule has 2 rings (SSSR count). The van der Waals surface area contributed by atoms with Crippen LogP contribution >= 0.6 is 11.6 Å². The van der Waals surface area contributed by atoms with Crippen LogP contribution in [0.15, 0.2) is 18.2 Å². The molecule has 1 heterocycles. The first-order valence-corrected chi connectivity index (χ1v) is 6.48. The second-order valence-electron chi connectivity index (χ2n) is 4.81.